The Morgan fingerprint density at radius 2 is 2.14 bits per heavy atom. The van der Waals surface area contributed by atoms with Crippen molar-refractivity contribution < 1.29 is 9.90 Å². The molecule has 3 aromatic rings. The number of carbonyl (C=O) groups is 1. The molecule has 3 nitrogen and oxygen atoms in total. The summed E-state index contributed by atoms with van der Waals surface area (Å²) in [5, 5.41) is 19.6. The lowest BCUT2D eigenvalue weighted by Gasteiger charge is -2.26. The maximum absolute atomic E-state index is 12.2. The molecule has 22 heavy (non-hydrogen) atoms. The van der Waals surface area contributed by atoms with E-state index >= 15 is 0 Å². The van der Waals surface area contributed by atoms with Gasteiger partial charge in [-0.1, -0.05) is 17.7 Å². The van der Waals surface area contributed by atoms with Gasteiger partial charge in [0, 0.05) is 10.4 Å². The molecule has 0 spiro atoms. The third-order valence-corrected chi connectivity index (χ3v) is 6.16. The van der Waals surface area contributed by atoms with Crippen molar-refractivity contribution in [2.24, 2.45) is 0 Å². The Kier molecular flexibility index (Phi) is 4.65. The Labute approximate surface area is 144 Å². The van der Waals surface area contributed by atoms with Crippen LogP contribution in [-0.4, -0.2) is 17.6 Å². The standard InChI is InChI=1S/C15H12ClNO2S3/c16-13-4-3-11(22-13)14(18)17-9-15(19,10-5-7-20-8-10)12-2-1-6-21-12/h1-8,19H,9H2,(H,17,18)/t15-/m1/s1. The Morgan fingerprint density at radius 3 is 2.73 bits per heavy atom. The number of carbonyl (C=O) groups excluding carboxylic acids is 1. The summed E-state index contributed by atoms with van der Waals surface area (Å²) in [7, 11) is 0. The van der Waals surface area contributed by atoms with Crippen LogP contribution in [-0.2, 0) is 5.60 Å². The minimum atomic E-state index is -1.22. The molecule has 0 saturated heterocycles. The molecule has 1 atom stereocenters. The van der Waals surface area contributed by atoms with E-state index in [-0.39, 0.29) is 12.5 Å². The van der Waals surface area contributed by atoms with Crippen LogP contribution < -0.4 is 5.32 Å². The van der Waals surface area contributed by atoms with E-state index in [0.29, 0.717) is 9.21 Å². The molecule has 0 aliphatic rings. The van der Waals surface area contributed by atoms with E-state index in [1.807, 2.05) is 34.3 Å². The fraction of sp³-hybridized carbons (Fsp3) is 0.133. The fourth-order valence-electron chi connectivity index (χ4n) is 2.08. The summed E-state index contributed by atoms with van der Waals surface area (Å²) < 4.78 is 0.566. The van der Waals surface area contributed by atoms with Gasteiger partial charge in [0.25, 0.3) is 5.91 Å². The molecule has 114 valence electrons. The molecular formula is C15H12ClNO2S3. The summed E-state index contributed by atoms with van der Waals surface area (Å²) in [6.45, 7) is 0.110. The average Bonchev–Trinajstić information content (AvgIpc) is 3.24. The third kappa shape index (κ3) is 3.11. The van der Waals surface area contributed by atoms with E-state index in [1.54, 1.807) is 12.1 Å². The van der Waals surface area contributed by atoms with E-state index in [4.69, 9.17) is 11.6 Å². The van der Waals surface area contributed by atoms with Gasteiger partial charge in [0.1, 0.15) is 5.60 Å². The molecule has 7 heteroatoms. The van der Waals surface area contributed by atoms with Gasteiger partial charge in [0.05, 0.1) is 15.8 Å². The maximum Gasteiger partial charge on any atom is 0.261 e. The second-order valence-electron chi connectivity index (χ2n) is 4.64. The second kappa shape index (κ2) is 6.52. The van der Waals surface area contributed by atoms with Crippen molar-refractivity contribution in [1.82, 2.24) is 5.32 Å². The molecule has 0 aliphatic heterocycles. The van der Waals surface area contributed by atoms with Crippen molar-refractivity contribution in [3.8, 4) is 0 Å². The largest absolute Gasteiger partial charge is 0.378 e. The van der Waals surface area contributed by atoms with E-state index in [9.17, 15) is 9.90 Å². The molecule has 0 fully saturated rings. The molecule has 0 bridgehead atoms. The summed E-state index contributed by atoms with van der Waals surface area (Å²) in [6.07, 6.45) is 0. The molecule has 3 heterocycles. The number of amides is 1. The highest BCUT2D eigenvalue weighted by atomic mass is 35.5. The molecule has 0 unspecified atom stereocenters. The van der Waals surface area contributed by atoms with Crippen LogP contribution in [0.25, 0.3) is 0 Å². The lowest BCUT2D eigenvalue weighted by Crippen LogP contribution is -2.40. The first kappa shape index (κ1) is 15.7. The number of nitrogens with one attached hydrogen (secondary N) is 1. The van der Waals surface area contributed by atoms with Crippen LogP contribution in [0.5, 0.6) is 0 Å². The van der Waals surface area contributed by atoms with E-state index < -0.39 is 5.60 Å². The summed E-state index contributed by atoms with van der Waals surface area (Å²) >= 11 is 10.0. The van der Waals surface area contributed by atoms with E-state index in [2.05, 4.69) is 5.32 Å². The highest BCUT2D eigenvalue weighted by Crippen LogP contribution is 2.33. The van der Waals surface area contributed by atoms with Gasteiger partial charge < -0.3 is 10.4 Å². The smallest absolute Gasteiger partial charge is 0.261 e. The number of hydrogen-bond donors (Lipinski definition) is 2. The van der Waals surface area contributed by atoms with Crippen LogP contribution in [0.4, 0.5) is 0 Å². The van der Waals surface area contributed by atoms with Crippen LogP contribution in [0.1, 0.15) is 20.1 Å². The predicted octanol–water partition coefficient (Wildman–Crippen LogP) is 4.19. The van der Waals surface area contributed by atoms with Gasteiger partial charge >= 0.3 is 0 Å². The monoisotopic (exact) mass is 369 g/mol. The zero-order valence-corrected chi connectivity index (χ0v) is 14.5. The van der Waals surface area contributed by atoms with Crippen LogP contribution in [0, 0.1) is 0 Å². The van der Waals surface area contributed by atoms with Crippen molar-refractivity contribution in [3.05, 3.63) is 66.1 Å². The highest BCUT2D eigenvalue weighted by Gasteiger charge is 2.33. The average molecular weight is 370 g/mol. The number of halogens is 1. The van der Waals surface area contributed by atoms with Gasteiger partial charge in [-0.05, 0) is 40.4 Å². The first-order valence-electron chi connectivity index (χ1n) is 6.42. The van der Waals surface area contributed by atoms with E-state index in [0.717, 1.165) is 10.4 Å². The SMILES string of the molecule is O=C(NC[C@@](O)(c1ccsc1)c1cccs1)c1ccc(Cl)s1. The predicted molar refractivity (Wildman–Crippen MR) is 93.3 cm³/mol. The highest BCUT2D eigenvalue weighted by molar-refractivity contribution is 7.18. The molecule has 1 amide bonds. The van der Waals surface area contributed by atoms with Gasteiger partial charge in [0.2, 0.25) is 0 Å². The number of rotatable bonds is 5. The second-order valence-corrected chi connectivity index (χ2v) is 8.08. The fourth-order valence-corrected chi connectivity index (χ4v) is 4.61. The van der Waals surface area contributed by atoms with Crippen molar-refractivity contribution in [2.75, 3.05) is 6.54 Å². The van der Waals surface area contributed by atoms with Gasteiger partial charge in [-0.3, -0.25) is 4.79 Å². The Hall–Kier alpha value is -1.18. The molecule has 3 aromatic heterocycles. The summed E-state index contributed by atoms with van der Waals surface area (Å²) in [5.41, 5.74) is -0.435. The van der Waals surface area contributed by atoms with Crippen LogP contribution in [0.3, 0.4) is 0 Å². The van der Waals surface area contributed by atoms with Crippen molar-refractivity contribution in [1.29, 1.82) is 0 Å². The van der Waals surface area contributed by atoms with Gasteiger partial charge in [-0.25, -0.2) is 0 Å². The molecule has 2 N–H and O–H groups in total. The number of hydrogen-bond acceptors (Lipinski definition) is 5. The van der Waals surface area contributed by atoms with Crippen molar-refractivity contribution in [3.63, 3.8) is 0 Å². The normalized spacial score (nSPS) is 13.7. The summed E-state index contributed by atoms with van der Waals surface area (Å²) in [6, 6.07) is 9.00. The zero-order valence-electron chi connectivity index (χ0n) is 11.3. The Morgan fingerprint density at radius 1 is 1.27 bits per heavy atom. The van der Waals surface area contributed by atoms with Gasteiger partial charge in [-0.15, -0.1) is 22.7 Å². The molecule has 0 radical (unpaired) electrons. The molecule has 0 aliphatic carbocycles. The van der Waals surface area contributed by atoms with Gasteiger partial charge in [0.15, 0.2) is 0 Å². The number of thiophene rings is 3. The van der Waals surface area contributed by atoms with Crippen LogP contribution in [0.2, 0.25) is 4.34 Å². The quantitative estimate of drug-likeness (QED) is 0.708. The van der Waals surface area contributed by atoms with Crippen molar-refractivity contribution in [2.45, 2.75) is 5.60 Å². The van der Waals surface area contributed by atoms with Crippen LogP contribution in [0.15, 0.2) is 46.5 Å². The minimum absolute atomic E-state index is 0.110. The molecular weight excluding hydrogens is 358 g/mol. The molecule has 0 saturated carbocycles. The lowest BCUT2D eigenvalue weighted by molar-refractivity contribution is 0.0723. The maximum atomic E-state index is 12.2. The summed E-state index contributed by atoms with van der Waals surface area (Å²) in [4.78, 5) is 13.5. The zero-order chi connectivity index (χ0) is 15.6. The summed E-state index contributed by atoms with van der Waals surface area (Å²) in [5.74, 6) is -0.234. The Bertz CT molecular complexity index is 715. The van der Waals surface area contributed by atoms with Gasteiger partial charge in [-0.2, -0.15) is 11.3 Å². The van der Waals surface area contributed by atoms with Crippen molar-refractivity contribution >= 4 is 51.5 Å². The van der Waals surface area contributed by atoms with Crippen LogP contribution >= 0.6 is 45.6 Å². The topological polar surface area (TPSA) is 49.3 Å². The molecule has 3 rings (SSSR count). The minimum Gasteiger partial charge on any atom is -0.378 e. The molecule has 0 aromatic carbocycles. The van der Waals surface area contributed by atoms with E-state index in [1.165, 1.54) is 34.0 Å². The lowest BCUT2D eigenvalue weighted by atomic mass is 9.94. The first-order valence-corrected chi connectivity index (χ1v) is 9.44. The number of aliphatic hydroxyl groups is 1. The Balaban J connectivity index is 1.81. The third-order valence-electron chi connectivity index (χ3n) is 3.23. The first-order chi connectivity index (χ1) is 10.6.